The first-order chi connectivity index (χ1) is 8.13. The summed E-state index contributed by atoms with van der Waals surface area (Å²) in [6.45, 7) is 13.2. The second-order valence-corrected chi connectivity index (χ2v) is 9.40. The molecular formula is C13H28N2O2S. The van der Waals surface area contributed by atoms with Crippen LogP contribution in [0.3, 0.4) is 0 Å². The summed E-state index contributed by atoms with van der Waals surface area (Å²) in [4.78, 5) is 2.27. The van der Waals surface area contributed by atoms with Crippen molar-refractivity contribution in [2.75, 3.05) is 31.9 Å². The average Bonchev–Trinajstić information content (AvgIpc) is 2.25. The van der Waals surface area contributed by atoms with Gasteiger partial charge in [-0.2, -0.15) is 0 Å². The Hall–Kier alpha value is -0.130. The van der Waals surface area contributed by atoms with Crippen LogP contribution in [0.15, 0.2) is 0 Å². The van der Waals surface area contributed by atoms with E-state index in [1.165, 1.54) is 0 Å². The van der Waals surface area contributed by atoms with Crippen LogP contribution in [-0.4, -0.2) is 56.0 Å². The highest BCUT2D eigenvalue weighted by molar-refractivity contribution is 7.92. The minimum Gasteiger partial charge on any atom is -0.311 e. The number of nitrogens with one attached hydrogen (secondary N) is 1. The van der Waals surface area contributed by atoms with Crippen LogP contribution in [0.5, 0.6) is 0 Å². The smallest absolute Gasteiger partial charge is 0.156 e. The zero-order valence-electron chi connectivity index (χ0n) is 12.4. The van der Waals surface area contributed by atoms with Gasteiger partial charge in [0.2, 0.25) is 0 Å². The molecule has 0 aromatic carbocycles. The van der Waals surface area contributed by atoms with Gasteiger partial charge in [0.25, 0.3) is 0 Å². The highest BCUT2D eigenvalue weighted by atomic mass is 32.2. The van der Waals surface area contributed by atoms with Gasteiger partial charge in [-0.1, -0.05) is 13.8 Å². The van der Waals surface area contributed by atoms with Crippen molar-refractivity contribution in [1.29, 1.82) is 0 Å². The quantitative estimate of drug-likeness (QED) is 0.836. The lowest BCUT2D eigenvalue weighted by Gasteiger charge is -2.36. The molecule has 1 fully saturated rings. The molecule has 1 aliphatic heterocycles. The van der Waals surface area contributed by atoms with Gasteiger partial charge >= 0.3 is 0 Å². The molecule has 0 saturated carbocycles. The third-order valence-electron chi connectivity index (χ3n) is 3.70. The van der Waals surface area contributed by atoms with Crippen LogP contribution in [0.2, 0.25) is 0 Å². The summed E-state index contributed by atoms with van der Waals surface area (Å²) in [6.07, 6.45) is 0. The molecule has 1 saturated heterocycles. The van der Waals surface area contributed by atoms with E-state index >= 15 is 0 Å². The molecule has 0 radical (unpaired) electrons. The molecule has 1 N–H and O–H groups in total. The number of nitrogens with zero attached hydrogens (tertiary/aromatic N) is 1. The molecule has 1 atom stereocenters. The number of piperazine rings is 1. The normalized spacial score (nSPS) is 23.6. The van der Waals surface area contributed by atoms with E-state index in [0.717, 1.165) is 19.6 Å². The van der Waals surface area contributed by atoms with Crippen molar-refractivity contribution in [2.24, 2.45) is 5.92 Å². The topological polar surface area (TPSA) is 49.4 Å². The standard InChI is InChI=1S/C13H28N2O2S/c1-11(2)12-10-15(7-6-14-12)8-9-18(16,17)13(3,4)5/h11-12,14H,6-10H2,1-5H3. The Morgan fingerprint density at radius 2 is 1.94 bits per heavy atom. The monoisotopic (exact) mass is 276 g/mol. The molecule has 1 unspecified atom stereocenters. The summed E-state index contributed by atoms with van der Waals surface area (Å²) in [5, 5.41) is 3.48. The lowest BCUT2D eigenvalue weighted by Crippen LogP contribution is -2.53. The molecule has 18 heavy (non-hydrogen) atoms. The molecule has 1 aliphatic rings. The number of rotatable bonds is 4. The second-order valence-electron chi connectivity index (χ2n) is 6.54. The minimum atomic E-state index is -3.00. The largest absolute Gasteiger partial charge is 0.311 e. The van der Waals surface area contributed by atoms with E-state index in [0.29, 0.717) is 18.5 Å². The van der Waals surface area contributed by atoms with Crippen LogP contribution in [0.1, 0.15) is 34.6 Å². The van der Waals surface area contributed by atoms with Crippen LogP contribution in [0.4, 0.5) is 0 Å². The third-order valence-corrected chi connectivity index (χ3v) is 6.29. The van der Waals surface area contributed by atoms with E-state index < -0.39 is 14.6 Å². The summed E-state index contributed by atoms with van der Waals surface area (Å²) in [6, 6.07) is 0.482. The summed E-state index contributed by atoms with van der Waals surface area (Å²) < 4.78 is 23.5. The molecule has 0 spiro atoms. The number of sulfone groups is 1. The highest BCUT2D eigenvalue weighted by Gasteiger charge is 2.30. The lowest BCUT2D eigenvalue weighted by atomic mass is 10.0. The van der Waals surface area contributed by atoms with Crippen molar-refractivity contribution in [1.82, 2.24) is 10.2 Å². The maximum atomic E-state index is 12.1. The van der Waals surface area contributed by atoms with Gasteiger partial charge in [0.1, 0.15) is 0 Å². The molecule has 4 nitrogen and oxygen atoms in total. The van der Waals surface area contributed by atoms with Gasteiger partial charge in [-0.05, 0) is 26.7 Å². The maximum absolute atomic E-state index is 12.1. The average molecular weight is 276 g/mol. The van der Waals surface area contributed by atoms with E-state index in [1.807, 2.05) is 0 Å². The fourth-order valence-electron chi connectivity index (χ4n) is 2.05. The second kappa shape index (κ2) is 5.88. The fraction of sp³-hybridized carbons (Fsp3) is 1.00. The third kappa shape index (κ3) is 4.21. The van der Waals surface area contributed by atoms with Gasteiger partial charge in [-0.15, -0.1) is 0 Å². The van der Waals surface area contributed by atoms with Gasteiger partial charge < -0.3 is 5.32 Å². The minimum absolute atomic E-state index is 0.265. The molecule has 5 heteroatoms. The van der Waals surface area contributed by atoms with E-state index in [9.17, 15) is 8.42 Å². The predicted octanol–water partition coefficient (Wildman–Crippen LogP) is 1.13. The molecule has 108 valence electrons. The molecule has 1 rings (SSSR count). The van der Waals surface area contributed by atoms with E-state index in [-0.39, 0.29) is 5.75 Å². The zero-order chi connectivity index (χ0) is 14.0. The molecule has 0 aliphatic carbocycles. The van der Waals surface area contributed by atoms with Crippen LogP contribution in [0.25, 0.3) is 0 Å². The van der Waals surface area contributed by atoms with Crippen molar-refractivity contribution in [2.45, 2.75) is 45.4 Å². The molecule has 1 heterocycles. The van der Waals surface area contributed by atoms with Gasteiger partial charge in [0.05, 0.1) is 10.5 Å². The zero-order valence-corrected chi connectivity index (χ0v) is 13.2. The first kappa shape index (κ1) is 15.9. The molecule has 0 amide bonds. The van der Waals surface area contributed by atoms with Crippen molar-refractivity contribution in [3.63, 3.8) is 0 Å². The Morgan fingerprint density at radius 3 is 2.44 bits per heavy atom. The van der Waals surface area contributed by atoms with Crippen molar-refractivity contribution >= 4 is 9.84 Å². The fourth-order valence-corrected chi connectivity index (χ4v) is 3.16. The molecule has 0 aromatic heterocycles. The Balaban J connectivity index is 2.49. The Morgan fingerprint density at radius 1 is 1.33 bits per heavy atom. The lowest BCUT2D eigenvalue weighted by molar-refractivity contribution is 0.183. The first-order valence-corrected chi connectivity index (χ1v) is 8.47. The van der Waals surface area contributed by atoms with Gasteiger partial charge in [0, 0.05) is 32.2 Å². The maximum Gasteiger partial charge on any atom is 0.156 e. The van der Waals surface area contributed by atoms with Gasteiger partial charge in [-0.25, -0.2) is 8.42 Å². The Bertz CT molecular complexity index is 358. The molecule has 0 bridgehead atoms. The van der Waals surface area contributed by atoms with Crippen molar-refractivity contribution < 1.29 is 8.42 Å². The first-order valence-electron chi connectivity index (χ1n) is 6.81. The Kier molecular flexibility index (Phi) is 5.21. The van der Waals surface area contributed by atoms with Gasteiger partial charge in [-0.3, -0.25) is 4.90 Å². The van der Waals surface area contributed by atoms with Crippen molar-refractivity contribution in [3.05, 3.63) is 0 Å². The summed E-state index contributed by atoms with van der Waals surface area (Å²) >= 11 is 0. The summed E-state index contributed by atoms with van der Waals surface area (Å²) in [5.41, 5.74) is 0. The number of hydrogen-bond acceptors (Lipinski definition) is 4. The van der Waals surface area contributed by atoms with Crippen LogP contribution < -0.4 is 5.32 Å². The van der Waals surface area contributed by atoms with E-state index in [1.54, 1.807) is 20.8 Å². The molecule has 0 aromatic rings. The Labute approximate surface area is 112 Å². The van der Waals surface area contributed by atoms with Crippen LogP contribution in [-0.2, 0) is 9.84 Å². The van der Waals surface area contributed by atoms with Crippen LogP contribution >= 0.6 is 0 Å². The SMILES string of the molecule is CC(C)C1CN(CCS(=O)(=O)C(C)(C)C)CCN1. The van der Waals surface area contributed by atoms with E-state index in [4.69, 9.17) is 0 Å². The van der Waals surface area contributed by atoms with Gasteiger partial charge in [0.15, 0.2) is 9.84 Å². The van der Waals surface area contributed by atoms with Crippen LogP contribution in [0, 0.1) is 5.92 Å². The number of hydrogen-bond donors (Lipinski definition) is 1. The summed E-state index contributed by atoms with van der Waals surface area (Å²) in [5.74, 6) is 0.855. The highest BCUT2D eigenvalue weighted by Crippen LogP contribution is 2.16. The summed E-state index contributed by atoms with van der Waals surface area (Å²) in [7, 11) is -3.00. The van der Waals surface area contributed by atoms with Crippen molar-refractivity contribution in [3.8, 4) is 0 Å². The van der Waals surface area contributed by atoms with E-state index in [2.05, 4.69) is 24.1 Å². The molecular weight excluding hydrogens is 248 g/mol. The predicted molar refractivity (Wildman–Crippen MR) is 76.6 cm³/mol.